The molecule has 0 unspecified atom stereocenters. The van der Waals surface area contributed by atoms with E-state index in [9.17, 15) is 4.79 Å². The fraction of sp³-hybridized carbons (Fsp3) is 0.318. The highest BCUT2D eigenvalue weighted by molar-refractivity contribution is 7.12. The van der Waals surface area contributed by atoms with Crippen LogP contribution in [0.4, 0.5) is 5.82 Å². The van der Waals surface area contributed by atoms with Gasteiger partial charge in [0.15, 0.2) is 5.82 Å². The lowest BCUT2D eigenvalue weighted by Gasteiger charge is -2.34. The molecular weight excluding hydrogens is 384 g/mol. The molecule has 7 heteroatoms. The van der Waals surface area contributed by atoms with Crippen molar-refractivity contribution in [2.24, 2.45) is 0 Å². The van der Waals surface area contributed by atoms with Gasteiger partial charge in [-0.15, -0.1) is 11.3 Å². The van der Waals surface area contributed by atoms with E-state index in [1.54, 1.807) is 0 Å². The summed E-state index contributed by atoms with van der Waals surface area (Å²) in [6.45, 7) is 4.22. The third kappa shape index (κ3) is 3.63. The second kappa shape index (κ2) is 7.93. The first-order valence-electron chi connectivity index (χ1n) is 9.90. The van der Waals surface area contributed by atoms with E-state index in [2.05, 4.69) is 4.90 Å². The highest BCUT2D eigenvalue weighted by atomic mass is 32.1. The number of hydrogen-bond donors (Lipinski definition) is 0. The van der Waals surface area contributed by atoms with Crippen molar-refractivity contribution in [3.05, 3.63) is 64.0 Å². The van der Waals surface area contributed by atoms with E-state index in [4.69, 9.17) is 14.7 Å². The standard InChI is InChI=1S/C22H22N4O2S/c27-22(19-7-4-14-29-19)26-9-8-18-17(15-26)21(25-10-12-28-13-11-25)24-20(23-18)16-5-2-1-3-6-16/h1-7,14H,8-13,15H2. The van der Waals surface area contributed by atoms with Gasteiger partial charge in [0.2, 0.25) is 0 Å². The van der Waals surface area contributed by atoms with Gasteiger partial charge in [-0.25, -0.2) is 9.97 Å². The SMILES string of the molecule is O=C(c1cccs1)N1CCc2nc(-c3ccccc3)nc(N3CCOCC3)c2C1. The molecule has 2 aliphatic rings. The summed E-state index contributed by atoms with van der Waals surface area (Å²) in [6, 6.07) is 13.9. The predicted molar refractivity (Wildman–Crippen MR) is 113 cm³/mol. The van der Waals surface area contributed by atoms with Gasteiger partial charge in [-0.2, -0.15) is 0 Å². The second-order valence-electron chi connectivity index (χ2n) is 7.22. The van der Waals surface area contributed by atoms with Crippen molar-refractivity contribution >= 4 is 23.1 Å². The molecule has 0 N–H and O–H groups in total. The highest BCUT2D eigenvalue weighted by Crippen LogP contribution is 2.31. The number of ether oxygens (including phenoxy) is 1. The second-order valence-corrected chi connectivity index (χ2v) is 8.16. The summed E-state index contributed by atoms with van der Waals surface area (Å²) in [7, 11) is 0. The Labute approximate surface area is 173 Å². The van der Waals surface area contributed by atoms with Crippen molar-refractivity contribution in [2.75, 3.05) is 37.7 Å². The van der Waals surface area contributed by atoms with Crippen LogP contribution in [0.15, 0.2) is 47.8 Å². The topological polar surface area (TPSA) is 58.6 Å². The number of hydrogen-bond acceptors (Lipinski definition) is 6. The summed E-state index contributed by atoms with van der Waals surface area (Å²) < 4.78 is 5.54. The normalized spacial score (nSPS) is 16.6. The minimum Gasteiger partial charge on any atom is -0.378 e. The van der Waals surface area contributed by atoms with Crippen LogP contribution in [0, 0.1) is 0 Å². The van der Waals surface area contributed by atoms with Crippen LogP contribution in [0.2, 0.25) is 0 Å². The Morgan fingerprint density at radius 1 is 1.00 bits per heavy atom. The lowest BCUT2D eigenvalue weighted by molar-refractivity contribution is 0.0738. The summed E-state index contributed by atoms with van der Waals surface area (Å²) in [5, 5.41) is 1.94. The highest BCUT2D eigenvalue weighted by Gasteiger charge is 2.29. The molecule has 3 aromatic rings. The molecule has 0 atom stereocenters. The Morgan fingerprint density at radius 2 is 1.83 bits per heavy atom. The van der Waals surface area contributed by atoms with E-state index in [1.807, 2.05) is 52.7 Å². The monoisotopic (exact) mass is 406 g/mol. The van der Waals surface area contributed by atoms with Crippen LogP contribution in [-0.2, 0) is 17.7 Å². The van der Waals surface area contributed by atoms with Gasteiger partial charge in [-0.3, -0.25) is 4.79 Å². The van der Waals surface area contributed by atoms with Crippen LogP contribution < -0.4 is 4.90 Å². The number of rotatable bonds is 3. The Kier molecular flexibility index (Phi) is 4.99. The van der Waals surface area contributed by atoms with Gasteiger partial charge < -0.3 is 14.5 Å². The van der Waals surface area contributed by atoms with Crippen LogP contribution in [0.3, 0.4) is 0 Å². The van der Waals surface area contributed by atoms with E-state index >= 15 is 0 Å². The Hall–Kier alpha value is -2.77. The molecule has 1 amide bonds. The molecule has 5 rings (SSSR count). The predicted octanol–water partition coefficient (Wildman–Crippen LogP) is 3.24. The van der Waals surface area contributed by atoms with Gasteiger partial charge >= 0.3 is 0 Å². The number of benzene rings is 1. The third-order valence-electron chi connectivity index (χ3n) is 5.40. The molecule has 1 saturated heterocycles. The number of morpholine rings is 1. The number of amides is 1. The van der Waals surface area contributed by atoms with Gasteiger partial charge in [-0.1, -0.05) is 36.4 Å². The molecule has 1 fully saturated rings. The average Bonchev–Trinajstić information content (AvgIpc) is 3.34. The van der Waals surface area contributed by atoms with Crippen molar-refractivity contribution in [1.29, 1.82) is 0 Å². The van der Waals surface area contributed by atoms with Crippen LogP contribution in [0.5, 0.6) is 0 Å². The smallest absolute Gasteiger partial charge is 0.264 e. The van der Waals surface area contributed by atoms with Gasteiger partial charge in [0, 0.05) is 37.2 Å². The number of aromatic nitrogens is 2. The van der Waals surface area contributed by atoms with Crippen LogP contribution in [-0.4, -0.2) is 53.6 Å². The molecule has 0 aliphatic carbocycles. The molecule has 6 nitrogen and oxygen atoms in total. The molecule has 29 heavy (non-hydrogen) atoms. The maximum Gasteiger partial charge on any atom is 0.264 e. The molecule has 0 radical (unpaired) electrons. The molecule has 2 aromatic heterocycles. The number of nitrogens with zero attached hydrogens (tertiary/aromatic N) is 4. The van der Waals surface area contributed by atoms with Crippen LogP contribution in [0.1, 0.15) is 20.9 Å². The molecule has 0 saturated carbocycles. The Morgan fingerprint density at radius 3 is 2.59 bits per heavy atom. The number of carbonyl (C=O) groups excluding carboxylic acids is 1. The zero-order valence-electron chi connectivity index (χ0n) is 16.1. The van der Waals surface area contributed by atoms with Gasteiger partial charge in [0.05, 0.1) is 30.3 Å². The lowest BCUT2D eigenvalue weighted by atomic mass is 10.0. The van der Waals surface area contributed by atoms with Gasteiger partial charge in [-0.05, 0) is 11.4 Å². The summed E-state index contributed by atoms with van der Waals surface area (Å²) in [4.78, 5) is 27.7. The van der Waals surface area contributed by atoms with E-state index in [1.165, 1.54) is 11.3 Å². The quantitative estimate of drug-likeness (QED) is 0.668. The minimum absolute atomic E-state index is 0.0886. The molecular formula is C22H22N4O2S. The van der Waals surface area contributed by atoms with Gasteiger partial charge in [0.1, 0.15) is 5.82 Å². The number of carbonyl (C=O) groups is 1. The molecule has 1 aromatic carbocycles. The Bertz CT molecular complexity index is 1000. The van der Waals surface area contributed by atoms with E-state index in [0.29, 0.717) is 26.3 Å². The molecule has 148 valence electrons. The third-order valence-corrected chi connectivity index (χ3v) is 6.26. The van der Waals surface area contributed by atoms with Crippen molar-refractivity contribution < 1.29 is 9.53 Å². The van der Waals surface area contributed by atoms with Crippen molar-refractivity contribution in [1.82, 2.24) is 14.9 Å². The lowest BCUT2D eigenvalue weighted by Crippen LogP contribution is -2.41. The number of fused-ring (bicyclic) bond motifs is 1. The molecule has 0 spiro atoms. The molecule has 4 heterocycles. The van der Waals surface area contributed by atoms with Crippen LogP contribution in [0.25, 0.3) is 11.4 Å². The van der Waals surface area contributed by atoms with Crippen LogP contribution >= 0.6 is 11.3 Å². The maximum atomic E-state index is 12.9. The van der Waals surface area contributed by atoms with Gasteiger partial charge in [0.25, 0.3) is 5.91 Å². The average molecular weight is 407 g/mol. The first-order valence-corrected chi connectivity index (χ1v) is 10.8. The summed E-state index contributed by atoms with van der Waals surface area (Å²) in [5.41, 5.74) is 3.14. The Balaban J connectivity index is 1.54. The summed E-state index contributed by atoms with van der Waals surface area (Å²) in [5.74, 6) is 1.79. The number of anilines is 1. The zero-order valence-corrected chi connectivity index (χ0v) is 16.9. The fourth-order valence-corrected chi connectivity index (χ4v) is 4.57. The minimum atomic E-state index is 0.0886. The van der Waals surface area contributed by atoms with Crippen molar-refractivity contribution in [2.45, 2.75) is 13.0 Å². The fourth-order valence-electron chi connectivity index (χ4n) is 3.88. The molecule has 0 bridgehead atoms. The first kappa shape index (κ1) is 18.3. The molecule has 2 aliphatic heterocycles. The van der Waals surface area contributed by atoms with E-state index in [-0.39, 0.29) is 5.91 Å². The first-order chi connectivity index (χ1) is 14.3. The van der Waals surface area contributed by atoms with E-state index in [0.717, 1.165) is 52.9 Å². The van der Waals surface area contributed by atoms with E-state index < -0.39 is 0 Å². The summed E-state index contributed by atoms with van der Waals surface area (Å²) in [6.07, 6.45) is 0.742. The van der Waals surface area contributed by atoms with Crippen molar-refractivity contribution in [3.8, 4) is 11.4 Å². The largest absolute Gasteiger partial charge is 0.378 e. The maximum absolute atomic E-state index is 12.9. The zero-order chi connectivity index (χ0) is 19.6. The number of thiophene rings is 1. The van der Waals surface area contributed by atoms with Crippen molar-refractivity contribution in [3.63, 3.8) is 0 Å². The summed E-state index contributed by atoms with van der Waals surface area (Å²) >= 11 is 1.49.